The van der Waals surface area contributed by atoms with Crippen molar-refractivity contribution < 1.29 is 10.0 Å². The first kappa shape index (κ1) is 9.85. The molecule has 1 rings (SSSR count). The maximum absolute atomic E-state index is 10.4. The van der Waals surface area contributed by atoms with Gasteiger partial charge in [-0.25, -0.2) is 0 Å². The van der Waals surface area contributed by atoms with Crippen LogP contribution >= 0.6 is 11.8 Å². The summed E-state index contributed by atoms with van der Waals surface area (Å²) < 4.78 is 0. The Morgan fingerprint density at radius 1 is 1.62 bits per heavy atom. The number of hydrogen-bond acceptors (Lipinski definition) is 4. The molecular weight excluding hydrogens is 190 g/mol. The van der Waals surface area contributed by atoms with Gasteiger partial charge < -0.3 is 5.11 Å². The Bertz CT molecular complexity index is 327. The highest BCUT2D eigenvalue weighted by molar-refractivity contribution is 7.97. The highest BCUT2D eigenvalue weighted by Crippen LogP contribution is 2.25. The van der Waals surface area contributed by atoms with Gasteiger partial charge in [0.2, 0.25) is 0 Å². The van der Waals surface area contributed by atoms with E-state index in [9.17, 15) is 15.2 Å². The van der Waals surface area contributed by atoms with E-state index in [1.54, 1.807) is 0 Å². The quantitative estimate of drug-likeness (QED) is 0.598. The molecule has 0 aliphatic carbocycles. The Balaban J connectivity index is 3.03. The summed E-state index contributed by atoms with van der Waals surface area (Å²) in [7, 11) is 0. The fourth-order valence-electron chi connectivity index (χ4n) is 0.957. The molecule has 0 bridgehead atoms. The van der Waals surface area contributed by atoms with Gasteiger partial charge in [-0.1, -0.05) is 0 Å². The van der Waals surface area contributed by atoms with Crippen molar-refractivity contribution >= 4 is 17.4 Å². The second-order valence-electron chi connectivity index (χ2n) is 2.50. The van der Waals surface area contributed by atoms with E-state index in [1.807, 2.05) is 6.26 Å². The number of phenolic OH excluding ortho intramolecular Hbond substituents is 1. The van der Waals surface area contributed by atoms with Crippen molar-refractivity contribution in [2.45, 2.75) is 5.75 Å². The summed E-state index contributed by atoms with van der Waals surface area (Å²) in [5.74, 6) is 0.688. The van der Waals surface area contributed by atoms with Gasteiger partial charge in [-0.15, -0.1) is 0 Å². The lowest BCUT2D eigenvalue weighted by Gasteiger charge is -2.01. The number of benzene rings is 1. The summed E-state index contributed by atoms with van der Waals surface area (Å²) in [4.78, 5) is 9.92. The SMILES string of the molecule is CSCc1cc([N+](=O)[O-])ccc1O. The van der Waals surface area contributed by atoms with Gasteiger partial charge in [0.05, 0.1) is 4.92 Å². The Labute approximate surface area is 79.7 Å². The number of hydrogen-bond donors (Lipinski definition) is 1. The van der Waals surface area contributed by atoms with Crippen molar-refractivity contribution in [3.63, 3.8) is 0 Å². The predicted octanol–water partition coefficient (Wildman–Crippen LogP) is 2.16. The minimum atomic E-state index is -0.469. The average molecular weight is 199 g/mol. The van der Waals surface area contributed by atoms with Gasteiger partial charge in [-0.3, -0.25) is 10.1 Å². The van der Waals surface area contributed by atoms with Crippen molar-refractivity contribution in [1.82, 2.24) is 0 Å². The van der Waals surface area contributed by atoms with Crippen LogP contribution in [0.1, 0.15) is 5.56 Å². The summed E-state index contributed by atoms with van der Waals surface area (Å²) >= 11 is 1.51. The van der Waals surface area contributed by atoms with Gasteiger partial charge >= 0.3 is 0 Å². The van der Waals surface area contributed by atoms with Gasteiger partial charge in [0.1, 0.15) is 5.75 Å². The molecule has 0 aliphatic heterocycles. The van der Waals surface area contributed by atoms with Crippen LogP contribution in [-0.4, -0.2) is 16.3 Å². The summed E-state index contributed by atoms with van der Waals surface area (Å²) in [6, 6.07) is 4.04. The van der Waals surface area contributed by atoms with E-state index >= 15 is 0 Å². The Hall–Kier alpha value is -1.23. The molecule has 1 N–H and O–H groups in total. The van der Waals surface area contributed by atoms with E-state index in [1.165, 1.54) is 30.0 Å². The number of thioether (sulfide) groups is 1. The zero-order chi connectivity index (χ0) is 9.84. The number of nitro benzene ring substituents is 1. The fraction of sp³-hybridized carbons (Fsp3) is 0.250. The first-order valence-corrected chi connectivity index (χ1v) is 4.99. The van der Waals surface area contributed by atoms with Crippen LogP contribution in [0.25, 0.3) is 0 Å². The lowest BCUT2D eigenvalue weighted by Crippen LogP contribution is -1.89. The first-order chi connectivity index (χ1) is 6.15. The second-order valence-corrected chi connectivity index (χ2v) is 3.37. The van der Waals surface area contributed by atoms with Crippen LogP contribution in [0.5, 0.6) is 5.75 Å². The summed E-state index contributed by atoms with van der Waals surface area (Å²) in [5.41, 5.74) is 0.614. The van der Waals surface area contributed by atoms with Crippen LogP contribution in [0.4, 0.5) is 5.69 Å². The molecule has 0 aromatic heterocycles. The van der Waals surface area contributed by atoms with E-state index in [2.05, 4.69) is 0 Å². The van der Waals surface area contributed by atoms with Crippen molar-refractivity contribution in [2.75, 3.05) is 6.26 Å². The molecule has 0 heterocycles. The minimum absolute atomic E-state index is 0.0156. The second kappa shape index (κ2) is 4.13. The topological polar surface area (TPSA) is 63.4 Å². The molecule has 0 radical (unpaired) electrons. The molecule has 0 aliphatic rings. The molecule has 0 saturated heterocycles. The average Bonchev–Trinajstić information content (AvgIpc) is 2.08. The van der Waals surface area contributed by atoms with Crippen molar-refractivity contribution in [1.29, 1.82) is 0 Å². The molecule has 4 nitrogen and oxygen atoms in total. The molecule has 0 amide bonds. The molecule has 0 atom stereocenters. The first-order valence-electron chi connectivity index (χ1n) is 3.60. The molecular formula is C8H9NO3S. The van der Waals surface area contributed by atoms with Gasteiger partial charge in [0.25, 0.3) is 5.69 Å². The Kier molecular flexibility index (Phi) is 3.13. The monoisotopic (exact) mass is 199 g/mol. The molecule has 5 heteroatoms. The lowest BCUT2D eigenvalue weighted by molar-refractivity contribution is -0.384. The maximum Gasteiger partial charge on any atom is 0.270 e. The molecule has 0 fully saturated rings. The van der Waals surface area contributed by atoms with Crippen LogP contribution in [0.2, 0.25) is 0 Å². The molecule has 13 heavy (non-hydrogen) atoms. The Morgan fingerprint density at radius 3 is 2.85 bits per heavy atom. The molecule has 1 aromatic carbocycles. The standard InChI is InChI=1S/C8H9NO3S/c1-13-5-6-4-7(9(11)12)2-3-8(6)10/h2-4,10H,5H2,1H3. The number of rotatable bonds is 3. The lowest BCUT2D eigenvalue weighted by atomic mass is 10.2. The largest absolute Gasteiger partial charge is 0.508 e. The number of nitro groups is 1. The normalized spacial score (nSPS) is 9.92. The van der Waals surface area contributed by atoms with Crippen LogP contribution in [-0.2, 0) is 5.75 Å². The predicted molar refractivity (Wildman–Crippen MR) is 52.0 cm³/mol. The number of phenols is 1. The molecule has 70 valence electrons. The van der Waals surface area contributed by atoms with Gasteiger partial charge in [-0.05, 0) is 12.3 Å². The number of aromatic hydroxyl groups is 1. The third-order valence-corrected chi connectivity index (χ3v) is 2.17. The van der Waals surface area contributed by atoms with Crippen LogP contribution in [0, 0.1) is 10.1 Å². The summed E-state index contributed by atoms with van der Waals surface area (Å²) in [5, 5.41) is 19.7. The molecule has 0 spiro atoms. The molecule has 0 unspecified atom stereocenters. The smallest absolute Gasteiger partial charge is 0.270 e. The van der Waals surface area contributed by atoms with E-state index in [-0.39, 0.29) is 11.4 Å². The Morgan fingerprint density at radius 2 is 2.31 bits per heavy atom. The maximum atomic E-state index is 10.4. The fourth-order valence-corrected chi connectivity index (χ4v) is 1.50. The van der Waals surface area contributed by atoms with Gasteiger partial charge in [0, 0.05) is 23.4 Å². The highest BCUT2D eigenvalue weighted by atomic mass is 32.2. The molecule has 1 aromatic rings. The minimum Gasteiger partial charge on any atom is -0.508 e. The van der Waals surface area contributed by atoms with E-state index in [0.29, 0.717) is 11.3 Å². The van der Waals surface area contributed by atoms with Crippen LogP contribution < -0.4 is 0 Å². The van der Waals surface area contributed by atoms with Crippen molar-refractivity contribution in [2.24, 2.45) is 0 Å². The van der Waals surface area contributed by atoms with Crippen molar-refractivity contribution in [3.05, 3.63) is 33.9 Å². The third kappa shape index (κ3) is 2.35. The zero-order valence-electron chi connectivity index (χ0n) is 7.06. The van der Waals surface area contributed by atoms with Crippen molar-refractivity contribution in [3.8, 4) is 5.75 Å². The summed E-state index contributed by atoms with van der Waals surface area (Å²) in [6.07, 6.45) is 1.87. The number of non-ortho nitro benzene ring substituents is 1. The number of nitrogens with zero attached hydrogens (tertiary/aromatic N) is 1. The van der Waals surface area contributed by atoms with E-state index in [4.69, 9.17) is 0 Å². The highest BCUT2D eigenvalue weighted by Gasteiger charge is 2.09. The zero-order valence-corrected chi connectivity index (χ0v) is 7.87. The third-order valence-electron chi connectivity index (χ3n) is 1.57. The van der Waals surface area contributed by atoms with Gasteiger partial charge in [-0.2, -0.15) is 11.8 Å². The van der Waals surface area contributed by atoms with Crippen LogP contribution in [0.15, 0.2) is 18.2 Å². The summed E-state index contributed by atoms with van der Waals surface area (Å²) in [6.45, 7) is 0. The van der Waals surface area contributed by atoms with Crippen LogP contribution in [0.3, 0.4) is 0 Å². The van der Waals surface area contributed by atoms with E-state index in [0.717, 1.165) is 0 Å². The molecule has 0 saturated carbocycles. The van der Waals surface area contributed by atoms with Gasteiger partial charge in [0.15, 0.2) is 0 Å². The van der Waals surface area contributed by atoms with E-state index < -0.39 is 4.92 Å².